The minimum atomic E-state index is 0.677. The quantitative estimate of drug-likeness (QED) is 0.819. The minimum absolute atomic E-state index is 0.677. The monoisotopic (exact) mass is 266 g/mol. The van der Waals surface area contributed by atoms with Crippen LogP contribution in [0.15, 0.2) is 18.2 Å². The number of nitrogens with two attached hydrogens (primary N) is 1. The Bertz CT molecular complexity index is 388. The molecule has 0 atom stereocenters. The van der Waals surface area contributed by atoms with Crippen LogP contribution >= 0.6 is 11.6 Å². The van der Waals surface area contributed by atoms with Crippen molar-refractivity contribution in [2.24, 2.45) is 11.7 Å². The smallest absolute Gasteiger partial charge is 0.0642 e. The summed E-state index contributed by atoms with van der Waals surface area (Å²) < 4.78 is 0. The molecule has 0 aromatic heterocycles. The first kappa shape index (κ1) is 13.7. The summed E-state index contributed by atoms with van der Waals surface area (Å²) >= 11 is 6.42. The van der Waals surface area contributed by atoms with Crippen molar-refractivity contribution >= 4 is 17.3 Å². The molecule has 1 saturated carbocycles. The molecule has 1 aromatic rings. The SMILES string of the molecule is CCCN(CC1CC1)c1c(Cl)cccc1CCN. The second kappa shape index (κ2) is 6.44. The third-order valence-corrected chi connectivity index (χ3v) is 3.77. The second-order valence-corrected chi connectivity index (χ2v) is 5.58. The predicted octanol–water partition coefficient (Wildman–Crippen LogP) is 3.47. The van der Waals surface area contributed by atoms with E-state index in [0.29, 0.717) is 6.54 Å². The fraction of sp³-hybridized carbons (Fsp3) is 0.600. The Labute approximate surface area is 115 Å². The number of hydrogen-bond donors (Lipinski definition) is 1. The van der Waals surface area contributed by atoms with Gasteiger partial charge in [0.2, 0.25) is 0 Å². The van der Waals surface area contributed by atoms with Crippen LogP contribution in [-0.4, -0.2) is 19.6 Å². The van der Waals surface area contributed by atoms with Crippen molar-refractivity contribution < 1.29 is 0 Å². The van der Waals surface area contributed by atoms with Crippen LogP contribution in [0.25, 0.3) is 0 Å². The van der Waals surface area contributed by atoms with Crippen molar-refractivity contribution in [1.82, 2.24) is 0 Å². The first-order valence-electron chi connectivity index (χ1n) is 6.98. The van der Waals surface area contributed by atoms with Crippen molar-refractivity contribution in [3.63, 3.8) is 0 Å². The van der Waals surface area contributed by atoms with Crippen LogP contribution in [0.1, 0.15) is 31.7 Å². The van der Waals surface area contributed by atoms with Crippen LogP contribution in [0.3, 0.4) is 0 Å². The Morgan fingerprint density at radius 2 is 2.17 bits per heavy atom. The molecule has 1 aromatic carbocycles. The second-order valence-electron chi connectivity index (χ2n) is 5.18. The number of nitrogens with zero attached hydrogens (tertiary/aromatic N) is 1. The highest BCUT2D eigenvalue weighted by molar-refractivity contribution is 6.33. The Balaban J connectivity index is 2.25. The lowest BCUT2D eigenvalue weighted by molar-refractivity contribution is 0.704. The van der Waals surface area contributed by atoms with Gasteiger partial charge in [-0.2, -0.15) is 0 Å². The van der Waals surface area contributed by atoms with Crippen molar-refractivity contribution in [2.75, 3.05) is 24.5 Å². The molecule has 2 N–H and O–H groups in total. The van der Waals surface area contributed by atoms with E-state index in [4.69, 9.17) is 17.3 Å². The standard InChI is InChI=1S/C15H23ClN2/c1-2-10-18(11-12-6-7-12)15-13(8-9-17)4-3-5-14(15)16/h3-5,12H,2,6-11,17H2,1H3. The molecule has 2 rings (SSSR count). The maximum Gasteiger partial charge on any atom is 0.0642 e. The summed E-state index contributed by atoms with van der Waals surface area (Å²) in [7, 11) is 0. The molecule has 0 radical (unpaired) electrons. The summed E-state index contributed by atoms with van der Waals surface area (Å²) in [4.78, 5) is 2.46. The van der Waals surface area contributed by atoms with Crippen LogP contribution in [0.2, 0.25) is 5.02 Å². The van der Waals surface area contributed by atoms with Gasteiger partial charge in [0.05, 0.1) is 10.7 Å². The maximum absolute atomic E-state index is 6.42. The summed E-state index contributed by atoms with van der Waals surface area (Å²) in [6.07, 6.45) is 4.80. The third-order valence-electron chi connectivity index (χ3n) is 3.47. The van der Waals surface area contributed by atoms with Gasteiger partial charge < -0.3 is 10.6 Å². The maximum atomic E-state index is 6.42. The van der Waals surface area contributed by atoms with Gasteiger partial charge in [-0.1, -0.05) is 30.7 Å². The van der Waals surface area contributed by atoms with Crippen LogP contribution in [0.4, 0.5) is 5.69 Å². The highest BCUT2D eigenvalue weighted by Gasteiger charge is 2.25. The average Bonchev–Trinajstić information content (AvgIpc) is 3.13. The van der Waals surface area contributed by atoms with E-state index in [2.05, 4.69) is 17.9 Å². The molecule has 0 spiro atoms. The zero-order valence-corrected chi connectivity index (χ0v) is 11.9. The van der Waals surface area contributed by atoms with E-state index in [1.54, 1.807) is 0 Å². The Morgan fingerprint density at radius 3 is 2.78 bits per heavy atom. The molecule has 0 unspecified atom stereocenters. The Morgan fingerprint density at radius 1 is 1.39 bits per heavy atom. The van der Waals surface area contributed by atoms with E-state index in [1.165, 1.54) is 24.1 Å². The molecule has 2 nitrogen and oxygen atoms in total. The normalized spacial score (nSPS) is 14.8. The molecule has 0 amide bonds. The first-order valence-corrected chi connectivity index (χ1v) is 7.36. The lowest BCUT2D eigenvalue weighted by Crippen LogP contribution is -2.28. The van der Waals surface area contributed by atoms with Crippen LogP contribution in [0.5, 0.6) is 0 Å². The molecule has 3 heteroatoms. The van der Waals surface area contributed by atoms with E-state index in [-0.39, 0.29) is 0 Å². The molecule has 0 heterocycles. The number of benzene rings is 1. The fourth-order valence-electron chi connectivity index (χ4n) is 2.45. The molecular weight excluding hydrogens is 244 g/mol. The molecule has 0 bridgehead atoms. The third kappa shape index (κ3) is 3.39. The number of anilines is 1. The summed E-state index contributed by atoms with van der Waals surface area (Å²) in [5.74, 6) is 0.874. The van der Waals surface area contributed by atoms with Gasteiger partial charge in [-0.15, -0.1) is 0 Å². The lowest BCUT2D eigenvalue weighted by atomic mass is 10.1. The molecule has 1 aliphatic carbocycles. The fourth-order valence-corrected chi connectivity index (χ4v) is 2.76. The van der Waals surface area contributed by atoms with E-state index in [1.807, 2.05) is 12.1 Å². The van der Waals surface area contributed by atoms with Gasteiger partial charge in [0.1, 0.15) is 0 Å². The molecule has 1 fully saturated rings. The number of rotatable bonds is 7. The molecule has 0 saturated heterocycles. The predicted molar refractivity (Wildman–Crippen MR) is 79.4 cm³/mol. The van der Waals surface area contributed by atoms with Gasteiger partial charge in [0, 0.05) is 13.1 Å². The largest absolute Gasteiger partial charge is 0.370 e. The van der Waals surface area contributed by atoms with Gasteiger partial charge in [0.25, 0.3) is 0 Å². The molecule has 100 valence electrons. The summed E-state index contributed by atoms with van der Waals surface area (Å²) in [5.41, 5.74) is 8.22. The van der Waals surface area contributed by atoms with E-state index in [9.17, 15) is 0 Å². The Kier molecular flexibility index (Phi) is 4.90. The molecule has 1 aliphatic rings. The average molecular weight is 267 g/mol. The zero-order valence-electron chi connectivity index (χ0n) is 11.2. The van der Waals surface area contributed by atoms with Gasteiger partial charge in [-0.3, -0.25) is 0 Å². The molecule has 18 heavy (non-hydrogen) atoms. The number of halogens is 1. The van der Waals surface area contributed by atoms with Crippen LogP contribution in [-0.2, 0) is 6.42 Å². The first-order chi connectivity index (χ1) is 8.76. The van der Waals surface area contributed by atoms with Gasteiger partial charge in [-0.25, -0.2) is 0 Å². The Hall–Kier alpha value is -0.730. The number of para-hydroxylation sites is 1. The summed E-state index contributed by atoms with van der Waals surface area (Å²) in [5, 5.41) is 0.870. The van der Waals surface area contributed by atoms with Crippen molar-refractivity contribution in [3.8, 4) is 0 Å². The van der Waals surface area contributed by atoms with Crippen molar-refractivity contribution in [1.29, 1.82) is 0 Å². The van der Waals surface area contributed by atoms with Crippen molar-refractivity contribution in [3.05, 3.63) is 28.8 Å². The highest BCUT2D eigenvalue weighted by Crippen LogP contribution is 2.35. The number of hydrogen-bond acceptors (Lipinski definition) is 2. The lowest BCUT2D eigenvalue weighted by Gasteiger charge is -2.28. The minimum Gasteiger partial charge on any atom is -0.370 e. The van der Waals surface area contributed by atoms with E-state index < -0.39 is 0 Å². The molecular formula is C15H23ClN2. The van der Waals surface area contributed by atoms with Crippen molar-refractivity contribution in [2.45, 2.75) is 32.6 Å². The van der Waals surface area contributed by atoms with Crippen LogP contribution in [0, 0.1) is 5.92 Å². The zero-order chi connectivity index (χ0) is 13.0. The summed E-state index contributed by atoms with van der Waals surface area (Å²) in [6, 6.07) is 6.17. The van der Waals surface area contributed by atoms with Gasteiger partial charge >= 0.3 is 0 Å². The van der Waals surface area contributed by atoms with Crippen LogP contribution < -0.4 is 10.6 Å². The summed E-state index contributed by atoms with van der Waals surface area (Å²) in [6.45, 7) is 5.13. The van der Waals surface area contributed by atoms with Gasteiger partial charge in [-0.05, 0) is 49.8 Å². The molecule has 0 aliphatic heterocycles. The van der Waals surface area contributed by atoms with Gasteiger partial charge in [0.15, 0.2) is 0 Å². The van der Waals surface area contributed by atoms with E-state index in [0.717, 1.165) is 36.9 Å². The topological polar surface area (TPSA) is 29.3 Å². The highest BCUT2D eigenvalue weighted by atomic mass is 35.5. The van der Waals surface area contributed by atoms with E-state index >= 15 is 0 Å².